The summed E-state index contributed by atoms with van der Waals surface area (Å²) in [5.74, 6) is -2.47. The van der Waals surface area contributed by atoms with Crippen molar-refractivity contribution in [1.29, 1.82) is 5.26 Å². The standard InChI is InChI=1S/C19H14F2N4O2S/c1-9(17-24-10(7-22)8-28-17)23-18(27)19(4-5-19)12-6-11-14(25-16(12)26)3-2-13(20)15(11)21/h2-3,6,8-9H,4-5H2,1H3,(H,23,27)(H,25,26)/t9-/m0/s1. The molecule has 1 aliphatic rings. The predicted octanol–water partition coefficient (Wildman–Crippen LogP) is 3.04. The second kappa shape index (κ2) is 6.49. The lowest BCUT2D eigenvalue weighted by Gasteiger charge is -2.18. The fourth-order valence-corrected chi connectivity index (χ4v) is 4.00. The first-order valence-corrected chi connectivity index (χ1v) is 9.42. The molecule has 28 heavy (non-hydrogen) atoms. The minimum absolute atomic E-state index is 0.0692. The molecule has 4 rings (SSSR count). The molecule has 6 nitrogen and oxygen atoms in total. The Hall–Kier alpha value is -3.12. The molecule has 9 heteroatoms. The van der Waals surface area contributed by atoms with Crippen LogP contribution in [0.3, 0.4) is 0 Å². The van der Waals surface area contributed by atoms with E-state index >= 15 is 0 Å². The Bertz CT molecular complexity index is 1210. The maximum absolute atomic E-state index is 14.2. The van der Waals surface area contributed by atoms with Gasteiger partial charge in [-0.05, 0) is 38.0 Å². The lowest BCUT2D eigenvalue weighted by molar-refractivity contribution is -0.124. The van der Waals surface area contributed by atoms with Crippen molar-refractivity contribution in [2.45, 2.75) is 31.2 Å². The molecule has 1 aliphatic carbocycles. The zero-order chi connectivity index (χ0) is 20.1. The van der Waals surface area contributed by atoms with E-state index in [9.17, 15) is 18.4 Å². The summed E-state index contributed by atoms with van der Waals surface area (Å²) in [5, 5.41) is 13.8. The summed E-state index contributed by atoms with van der Waals surface area (Å²) in [6, 6.07) is 4.98. The van der Waals surface area contributed by atoms with Gasteiger partial charge in [0.2, 0.25) is 5.91 Å². The molecule has 1 atom stereocenters. The molecule has 2 N–H and O–H groups in total. The van der Waals surface area contributed by atoms with Gasteiger partial charge in [0.25, 0.3) is 5.56 Å². The highest BCUT2D eigenvalue weighted by Gasteiger charge is 2.53. The number of aromatic amines is 1. The van der Waals surface area contributed by atoms with Crippen LogP contribution in [0.4, 0.5) is 8.78 Å². The van der Waals surface area contributed by atoms with E-state index < -0.39 is 28.7 Å². The molecule has 0 radical (unpaired) electrons. The summed E-state index contributed by atoms with van der Waals surface area (Å²) in [4.78, 5) is 32.1. The lowest BCUT2D eigenvalue weighted by Crippen LogP contribution is -2.39. The number of hydrogen-bond donors (Lipinski definition) is 2. The van der Waals surface area contributed by atoms with Crippen molar-refractivity contribution in [2.75, 3.05) is 0 Å². The first-order chi connectivity index (χ1) is 13.4. The van der Waals surface area contributed by atoms with E-state index in [1.807, 2.05) is 6.07 Å². The van der Waals surface area contributed by atoms with Crippen LogP contribution in [-0.2, 0) is 10.2 Å². The number of pyridine rings is 1. The quantitative estimate of drug-likeness (QED) is 0.703. The van der Waals surface area contributed by atoms with Crippen LogP contribution in [0.15, 0.2) is 28.4 Å². The first kappa shape index (κ1) is 18.3. The molecule has 0 aliphatic heterocycles. The van der Waals surface area contributed by atoms with Crippen LogP contribution in [0.2, 0.25) is 0 Å². The molecule has 0 spiro atoms. The van der Waals surface area contributed by atoms with Crippen molar-refractivity contribution in [2.24, 2.45) is 0 Å². The molecular formula is C19H14F2N4O2S. The Balaban J connectivity index is 1.67. The van der Waals surface area contributed by atoms with E-state index in [0.717, 1.165) is 6.07 Å². The second-order valence-corrected chi connectivity index (χ2v) is 7.68. The number of nitrogens with one attached hydrogen (secondary N) is 2. The summed E-state index contributed by atoms with van der Waals surface area (Å²) in [6.45, 7) is 1.73. The number of fused-ring (bicyclic) bond motifs is 1. The number of rotatable bonds is 4. The maximum atomic E-state index is 14.2. The number of aromatic nitrogens is 2. The largest absolute Gasteiger partial charge is 0.346 e. The van der Waals surface area contributed by atoms with E-state index in [4.69, 9.17) is 5.26 Å². The van der Waals surface area contributed by atoms with Gasteiger partial charge in [0.1, 0.15) is 11.1 Å². The number of H-pyrrole nitrogens is 1. The zero-order valence-electron chi connectivity index (χ0n) is 14.7. The number of nitriles is 1. The lowest BCUT2D eigenvalue weighted by atomic mass is 9.94. The maximum Gasteiger partial charge on any atom is 0.252 e. The molecule has 3 aromatic rings. The molecule has 0 saturated heterocycles. The summed E-state index contributed by atoms with van der Waals surface area (Å²) >= 11 is 1.25. The molecule has 2 aromatic heterocycles. The highest BCUT2D eigenvalue weighted by atomic mass is 32.1. The average molecular weight is 400 g/mol. The molecular weight excluding hydrogens is 386 g/mol. The number of thiazole rings is 1. The van der Waals surface area contributed by atoms with Crippen LogP contribution < -0.4 is 10.9 Å². The number of carbonyl (C=O) groups excluding carboxylic acids is 1. The van der Waals surface area contributed by atoms with Crippen molar-refractivity contribution in [1.82, 2.24) is 15.3 Å². The second-order valence-electron chi connectivity index (χ2n) is 6.79. The Morgan fingerprint density at radius 2 is 2.18 bits per heavy atom. The SMILES string of the molecule is C[C@H](NC(=O)C1(c2cc3c(F)c(F)ccc3[nH]c2=O)CC1)c1nc(C#N)cs1. The summed E-state index contributed by atoms with van der Waals surface area (Å²) in [5.41, 5.74) is -1.02. The normalized spacial score (nSPS) is 15.8. The summed E-state index contributed by atoms with van der Waals surface area (Å²) in [7, 11) is 0. The average Bonchev–Trinajstić information content (AvgIpc) is 3.34. The van der Waals surface area contributed by atoms with E-state index in [1.54, 1.807) is 12.3 Å². The molecule has 1 amide bonds. The monoisotopic (exact) mass is 400 g/mol. The molecule has 1 fully saturated rings. The molecule has 2 heterocycles. The third kappa shape index (κ3) is 2.86. The van der Waals surface area contributed by atoms with Crippen LogP contribution in [-0.4, -0.2) is 15.9 Å². The van der Waals surface area contributed by atoms with Crippen LogP contribution in [0.5, 0.6) is 0 Å². The fraction of sp³-hybridized carbons (Fsp3) is 0.263. The topological polar surface area (TPSA) is 98.6 Å². The molecule has 142 valence electrons. The van der Waals surface area contributed by atoms with Gasteiger partial charge in [-0.15, -0.1) is 11.3 Å². The van der Waals surface area contributed by atoms with Crippen molar-refractivity contribution >= 4 is 28.1 Å². The first-order valence-electron chi connectivity index (χ1n) is 8.54. The van der Waals surface area contributed by atoms with Gasteiger partial charge in [0.05, 0.1) is 17.0 Å². The zero-order valence-corrected chi connectivity index (χ0v) is 15.5. The van der Waals surface area contributed by atoms with Gasteiger partial charge in [0, 0.05) is 16.3 Å². The van der Waals surface area contributed by atoms with Gasteiger partial charge in [-0.2, -0.15) is 5.26 Å². The van der Waals surface area contributed by atoms with Crippen molar-refractivity contribution < 1.29 is 13.6 Å². The van der Waals surface area contributed by atoms with Gasteiger partial charge < -0.3 is 10.3 Å². The Kier molecular flexibility index (Phi) is 4.23. The number of halogens is 2. The minimum Gasteiger partial charge on any atom is -0.346 e. The van der Waals surface area contributed by atoms with E-state index in [1.165, 1.54) is 23.5 Å². The Morgan fingerprint density at radius 1 is 1.43 bits per heavy atom. The number of amides is 1. The molecule has 0 unspecified atom stereocenters. The van der Waals surface area contributed by atoms with E-state index in [-0.39, 0.29) is 28.1 Å². The smallest absolute Gasteiger partial charge is 0.252 e. The van der Waals surface area contributed by atoms with Gasteiger partial charge in [-0.3, -0.25) is 9.59 Å². The van der Waals surface area contributed by atoms with Crippen molar-refractivity contribution in [3.63, 3.8) is 0 Å². The number of carbonyl (C=O) groups is 1. The van der Waals surface area contributed by atoms with E-state index in [0.29, 0.717) is 17.8 Å². The number of benzene rings is 1. The number of nitrogens with zero attached hydrogens (tertiary/aromatic N) is 2. The molecule has 1 aromatic carbocycles. The van der Waals surface area contributed by atoms with Gasteiger partial charge >= 0.3 is 0 Å². The fourth-order valence-electron chi connectivity index (χ4n) is 3.25. The van der Waals surface area contributed by atoms with Gasteiger partial charge in [-0.25, -0.2) is 13.8 Å². The Labute approximate surface area is 161 Å². The summed E-state index contributed by atoms with van der Waals surface area (Å²) < 4.78 is 27.7. The third-order valence-corrected chi connectivity index (χ3v) is 6.00. The highest BCUT2D eigenvalue weighted by Crippen LogP contribution is 2.48. The number of hydrogen-bond acceptors (Lipinski definition) is 5. The van der Waals surface area contributed by atoms with Crippen LogP contribution in [0, 0.1) is 23.0 Å². The van der Waals surface area contributed by atoms with Crippen LogP contribution in [0.1, 0.15) is 42.1 Å². The van der Waals surface area contributed by atoms with Gasteiger partial charge in [-0.1, -0.05) is 0 Å². The molecule has 1 saturated carbocycles. The highest BCUT2D eigenvalue weighted by molar-refractivity contribution is 7.09. The van der Waals surface area contributed by atoms with Crippen LogP contribution >= 0.6 is 11.3 Å². The van der Waals surface area contributed by atoms with Crippen LogP contribution in [0.25, 0.3) is 10.9 Å². The van der Waals surface area contributed by atoms with Crippen molar-refractivity contribution in [3.05, 3.63) is 61.8 Å². The molecule has 0 bridgehead atoms. The summed E-state index contributed by atoms with van der Waals surface area (Å²) in [6.07, 6.45) is 0.858. The predicted molar refractivity (Wildman–Crippen MR) is 98.8 cm³/mol. The third-order valence-electron chi connectivity index (χ3n) is 4.97. The Morgan fingerprint density at radius 3 is 2.82 bits per heavy atom. The van der Waals surface area contributed by atoms with E-state index in [2.05, 4.69) is 15.3 Å². The van der Waals surface area contributed by atoms with Crippen molar-refractivity contribution in [3.8, 4) is 6.07 Å². The minimum atomic E-state index is -1.08. The van der Waals surface area contributed by atoms with Gasteiger partial charge in [0.15, 0.2) is 17.3 Å².